The van der Waals surface area contributed by atoms with Crippen LogP contribution in [0.5, 0.6) is 0 Å². The number of fused-ring (bicyclic) bond motifs is 2. The average Bonchev–Trinajstić information content (AvgIpc) is 3.03. The van der Waals surface area contributed by atoms with Crippen LogP contribution in [0.2, 0.25) is 0 Å². The number of nitrogens with one attached hydrogen (secondary N) is 1. The molecule has 0 spiro atoms. The van der Waals surface area contributed by atoms with Gasteiger partial charge in [0.1, 0.15) is 11.5 Å². The van der Waals surface area contributed by atoms with Crippen molar-refractivity contribution >= 4 is 22.9 Å². The van der Waals surface area contributed by atoms with Crippen LogP contribution in [0.25, 0.3) is 16.9 Å². The van der Waals surface area contributed by atoms with Crippen molar-refractivity contribution in [2.45, 2.75) is 6.92 Å². The third-order valence-electron chi connectivity index (χ3n) is 4.74. The predicted molar refractivity (Wildman–Crippen MR) is 111 cm³/mol. The second kappa shape index (κ2) is 6.25. The highest BCUT2D eigenvalue weighted by atomic mass is 15.3. The topological polar surface area (TPSA) is 42.2 Å². The average molecular weight is 350 g/mol. The molecule has 1 aromatic heterocycles. The first-order valence-corrected chi connectivity index (χ1v) is 8.97. The molecule has 0 unspecified atom stereocenters. The van der Waals surface area contributed by atoms with Gasteiger partial charge in [0.05, 0.1) is 28.3 Å². The van der Waals surface area contributed by atoms with Gasteiger partial charge in [-0.25, -0.2) is 4.68 Å². The van der Waals surface area contributed by atoms with Gasteiger partial charge in [0, 0.05) is 5.56 Å². The molecule has 5 rings (SSSR count). The molecule has 1 N–H and O–H groups in total. The Bertz CT molecular complexity index is 1140. The van der Waals surface area contributed by atoms with E-state index in [0.717, 1.165) is 45.4 Å². The van der Waals surface area contributed by atoms with Gasteiger partial charge in [-0.2, -0.15) is 5.10 Å². The highest BCUT2D eigenvalue weighted by molar-refractivity contribution is 6.11. The fourth-order valence-corrected chi connectivity index (χ4v) is 3.47. The summed E-state index contributed by atoms with van der Waals surface area (Å²) in [5.41, 5.74) is 6.90. The molecule has 4 aromatic rings. The summed E-state index contributed by atoms with van der Waals surface area (Å²) in [4.78, 5) is 4.87. The van der Waals surface area contributed by atoms with Crippen LogP contribution in [-0.4, -0.2) is 15.5 Å². The van der Waals surface area contributed by atoms with E-state index in [-0.39, 0.29) is 0 Å². The summed E-state index contributed by atoms with van der Waals surface area (Å²) in [5, 5.41) is 8.55. The van der Waals surface area contributed by atoms with Gasteiger partial charge >= 0.3 is 0 Å². The monoisotopic (exact) mass is 350 g/mol. The molecule has 0 saturated carbocycles. The van der Waals surface area contributed by atoms with E-state index in [0.29, 0.717) is 0 Å². The maximum absolute atomic E-state index is 4.97. The number of benzene rings is 3. The lowest BCUT2D eigenvalue weighted by atomic mass is 10.0. The molecule has 0 saturated heterocycles. The first-order valence-electron chi connectivity index (χ1n) is 8.97. The van der Waals surface area contributed by atoms with Gasteiger partial charge in [-0.3, -0.25) is 4.99 Å². The number of rotatable bonds is 2. The molecule has 1 aliphatic heterocycles. The number of hydrogen-bond donors (Lipinski definition) is 1. The maximum Gasteiger partial charge on any atom is 0.144 e. The van der Waals surface area contributed by atoms with Crippen LogP contribution in [0.3, 0.4) is 0 Å². The molecule has 0 bridgehead atoms. The molecule has 1 aliphatic rings. The molecule has 2 heterocycles. The molecule has 4 nitrogen and oxygen atoms in total. The van der Waals surface area contributed by atoms with Crippen LogP contribution in [0.1, 0.15) is 12.5 Å². The van der Waals surface area contributed by atoms with Crippen molar-refractivity contribution in [2.75, 3.05) is 5.32 Å². The Hall–Kier alpha value is -3.66. The Morgan fingerprint density at radius 3 is 2.22 bits per heavy atom. The third kappa shape index (κ3) is 2.62. The van der Waals surface area contributed by atoms with E-state index in [4.69, 9.17) is 10.1 Å². The Kier molecular flexibility index (Phi) is 3.61. The molecule has 0 atom stereocenters. The SMILES string of the molecule is CC1=Nc2ccccc2Nc2c1c(-c1ccccc1)nn2-c1ccccc1. The molecule has 3 aromatic carbocycles. The zero-order valence-corrected chi connectivity index (χ0v) is 14.9. The molecule has 4 heteroatoms. The molecule has 27 heavy (non-hydrogen) atoms. The van der Waals surface area contributed by atoms with E-state index in [1.165, 1.54) is 0 Å². The van der Waals surface area contributed by atoms with Gasteiger partial charge in [-0.1, -0.05) is 60.7 Å². The van der Waals surface area contributed by atoms with Crippen LogP contribution < -0.4 is 5.32 Å². The van der Waals surface area contributed by atoms with Gasteiger partial charge in [-0.05, 0) is 31.2 Å². The van der Waals surface area contributed by atoms with Crippen molar-refractivity contribution in [3.8, 4) is 16.9 Å². The third-order valence-corrected chi connectivity index (χ3v) is 4.74. The summed E-state index contributed by atoms with van der Waals surface area (Å²) >= 11 is 0. The van der Waals surface area contributed by atoms with Crippen molar-refractivity contribution in [3.63, 3.8) is 0 Å². The summed E-state index contributed by atoms with van der Waals surface area (Å²) in [5.74, 6) is 0.936. The van der Waals surface area contributed by atoms with Gasteiger partial charge in [0.15, 0.2) is 0 Å². The number of aliphatic imine (C=N–C) groups is 1. The van der Waals surface area contributed by atoms with Gasteiger partial charge in [-0.15, -0.1) is 0 Å². The van der Waals surface area contributed by atoms with Gasteiger partial charge in [0.25, 0.3) is 0 Å². The highest BCUT2D eigenvalue weighted by Crippen LogP contribution is 2.39. The zero-order chi connectivity index (χ0) is 18.2. The summed E-state index contributed by atoms with van der Waals surface area (Å²) < 4.78 is 1.97. The minimum absolute atomic E-state index is 0.927. The minimum atomic E-state index is 0.927. The lowest BCUT2D eigenvalue weighted by molar-refractivity contribution is 0.892. The Labute approximate surface area is 157 Å². The van der Waals surface area contributed by atoms with Crippen LogP contribution in [0, 0.1) is 0 Å². The molecule has 0 aliphatic carbocycles. The second-order valence-electron chi connectivity index (χ2n) is 6.52. The van der Waals surface area contributed by atoms with Crippen LogP contribution in [0.15, 0.2) is 89.9 Å². The van der Waals surface area contributed by atoms with Crippen molar-refractivity contribution in [1.82, 2.24) is 9.78 Å². The summed E-state index contributed by atoms with van der Waals surface area (Å²) in [6.45, 7) is 2.05. The van der Waals surface area contributed by atoms with E-state index >= 15 is 0 Å². The lowest BCUT2D eigenvalue weighted by Gasteiger charge is -2.10. The minimum Gasteiger partial charge on any atom is -0.338 e. The molecule has 130 valence electrons. The number of aromatic nitrogens is 2. The smallest absolute Gasteiger partial charge is 0.144 e. The highest BCUT2D eigenvalue weighted by Gasteiger charge is 2.25. The number of para-hydroxylation sites is 3. The predicted octanol–water partition coefficient (Wildman–Crippen LogP) is 5.74. The second-order valence-corrected chi connectivity index (χ2v) is 6.52. The standard InChI is InChI=1S/C23H18N4/c1-16-21-22(17-10-4-2-5-11-17)26-27(18-12-6-3-7-13-18)23(21)25-20-15-9-8-14-19(20)24-16/h2-15,25H,1H3. The van der Waals surface area contributed by atoms with Crippen LogP contribution in [0.4, 0.5) is 17.2 Å². The zero-order valence-electron chi connectivity index (χ0n) is 14.9. The van der Waals surface area contributed by atoms with E-state index < -0.39 is 0 Å². The Balaban J connectivity index is 1.81. The van der Waals surface area contributed by atoms with E-state index in [1.54, 1.807) is 0 Å². The van der Waals surface area contributed by atoms with E-state index in [1.807, 2.05) is 72.3 Å². The lowest BCUT2D eigenvalue weighted by Crippen LogP contribution is -2.04. The first kappa shape index (κ1) is 15.6. The summed E-state index contributed by atoms with van der Waals surface area (Å²) in [6.07, 6.45) is 0. The molecule has 0 amide bonds. The number of hydrogen-bond acceptors (Lipinski definition) is 3. The normalized spacial score (nSPS) is 12.4. The van der Waals surface area contributed by atoms with Crippen LogP contribution in [-0.2, 0) is 0 Å². The molecule has 0 radical (unpaired) electrons. The quantitative estimate of drug-likeness (QED) is 0.501. The Morgan fingerprint density at radius 1 is 0.778 bits per heavy atom. The van der Waals surface area contributed by atoms with Crippen LogP contribution >= 0.6 is 0 Å². The largest absolute Gasteiger partial charge is 0.338 e. The molecular weight excluding hydrogens is 332 g/mol. The van der Waals surface area contributed by atoms with Crippen molar-refractivity contribution in [3.05, 3.63) is 90.5 Å². The first-order chi connectivity index (χ1) is 13.3. The fraction of sp³-hybridized carbons (Fsp3) is 0.0435. The molecular formula is C23H18N4. The maximum atomic E-state index is 4.97. The number of anilines is 2. The van der Waals surface area contributed by atoms with Crippen molar-refractivity contribution in [2.24, 2.45) is 4.99 Å². The van der Waals surface area contributed by atoms with Gasteiger partial charge in [0.2, 0.25) is 0 Å². The fourth-order valence-electron chi connectivity index (χ4n) is 3.47. The van der Waals surface area contributed by atoms with E-state index in [9.17, 15) is 0 Å². The van der Waals surface area contributed by atoms with E-state index in [2.05, 4.69) is 29.6 Å². The van der Waals surface area contributed by atoms with Gasteiger partial charge < -0.3 is 5.32 Å². The van der Waals surface area contributed by atoms with Crippen molar-refractivity contribution < 1.29 is 0 Å². The summed E-state index contributed by atoms with van der Waals surface area (Å²) in [7, 11) is 0. The van der Waals surface area contributed by atoms with Crippen molar-refractivity contribution in [1.29, 1.82) is 0 Å². The summed E-state index contributed by atoms with van der Waals surface area (Å²) in [6, 6.07) is 28.6. The number of nitrogens with zero attached hydrogens (tertiary/aromatic N) is 3. The molecule has 0 fully saturated rings. The Morgan fingerprint density at radius 2 is 1.44 bits per heavy atom.